The number of ether oxygens (including phenoxy) is 3. The second kappa shape index (κ2) is 7.87. The van der Waals surface area contributed by atoms with Crippen LogP contribution in [0.5, 0.6) is 17.2 Å². The molecule has 0 aromatic heterocycles. The molecule has 5 nitrogen and oxygen atoms in total. The molecule has 0 radical (unpaired) electrons. The molecule has 0 atom stereocenters. The Balaban J connectivity index is 1.37. The summed E-state index contributed by atoms with van der Waals surface area (Å²) < 4.78 is 17.1. The van der Waals surface area contributed by atoms with Crippen molar-refractivity contribution in [1.82, 2.24) is 4.90 Å². The number of para-hydroxylation sites is 2. The van der Waals surface area contributed by atoms with Crippen molar-refractivity contribution < 1.29 is 14.2 Å². The maximum Gasteiger partial charge on any atom is 0.161 e. The number of piperazine rings is 1. The number of fused-ring (bicyclic) bond motifs is 1. The van der Waals surface area contributed by atoms with Crippen LogP contribution in [0, 0.1) is 0 Å². The molecule has 0 bridgehead atoms. The molecule has 4 rings (SSSR count). The van der Waals surface area contributed by atoms with E-state index in [1.54, 1.807) is 0 Å². The third-order valence-corrected chi connectivity index (χ3v) is 4.89. The average molecular weight is 354 g/mol. The number of hydrogen-bond acceptors (Lipinski definition) is 5. The largest absolute Gasteiger partial charge is 0.492 e. The first-order valence-corrected chi connectivity index (χ1v) is 9.41. The van der Waals surface area contributed by atoms with Crippen molar-refractivity contribution >= 4 is 5.69 Å². The topological polar surface area (TPSA) is 34.2 Å². The van der Waals surface area contributed by atoms with E-state index in [0.717, 1.165) is 50.0 Å². The summed E-state index contributed by atoms with van der Waals surface area (Å²) in [5.41, 5.74) is 2.48. The smallest absolute Gasteiger partial charge is 0.161 e. The number of rotatable bonds is 5. The van der Waals surface area contributed by atoms with Crippen molar-refractivity contribution in [2.75, 3.05) is 50.9 Å². The lowest BCUT2D eigenvalue weighted by Gasteiger charge is -2.36. The molecule has 1 saturated heterocycles. The van der Waals surface area contributed by atoms with Crippen LogP contribution >= 0.6 is 0 Å². The van der Waals surface area contributed by atoms with Gasteiger partial charge in [-0.1, -0.05) is 18.2 Å². The Bertz CT molecular complexity index is 742. The van der Waals surface area contributed by atoms with Gasteiger partial charge in [-0.2, -0.15) is 0 Å². The van der Waals surface area contributed by atoms with Crippen LogP contribution in [0.2, 0.25) is 0 Å². The van der Waals surface area contributed by atoms with Gasteiger partial charge in [0.15, 0.2) is 11.5 Å². The monoisotopic (exact) mass is 354 g/mol. The SMILES string of the molecule is CCOc1ccccc1N1CCN(Cc2ccc3c(c2)OCCO3)CC1. The van der Waals surface area contributed by atoms with E-state index in [4.69, 9.17) is 14.2 Å². The summed E-state index contributed by atoms with van der Waals surface area (Å²) in [6.45, 7) is 9.03. The normalized spacial score (nSPS) is 17.2. The third-order valence-electron chi connectivity index (χ3n) is 4.89. The highest BCUT2D eigenvalue weighted by Gasteiger charge is 2.20. The van der Waals surface area contributed by atoms with Gasteiger partial charge >= 0.3 is 0 Å². The summed E-state index contributed by atoms with van der Waals surface area (Å²) in [5.74, 6) is 2.71. The summed E-state index contributed by atoms with van der Waals surface area (Å²) in [6.07, 6.45) is 0. The van der Waals surface area contributed by atoms with Crippen LogP contribution in [0.3, 0.4) is 0 Å². The van der Waals surface area contributed by atoms with Crippen molar-refractivity contribution in [2.24, 2.45) is 0 Å². The average Bonchev–Trinajstić information content (AvgIpc) is 2.69. The van der Waals surface area contributed by atoms with Gasteiger partial charge in [-0.05, 0) is 36.8 Å². The molecule has 0 N–H and O–H groups in total. The lowest BCUT2D eigenvalue weighted by atomic mass is 10.1. The molecular weight excluding hydrogens is 328 g/mol. The van der Waals surface area contributed by atoms with Gasteiger partial charge in [0.1, 0.15) is 19.0 Å². The number of hydrogen-bond donors (Lipinski definition) is 0. The van der Waals surface area contributed by atoms with Crippen LogP contribution in [0.1, 0.15) is 12.5 Å². The molecule has 0 saturated carbocycles. The number of benzene rings is 2. The molecule has 2 heterocycles. The van der Waals surface area contributed by atoms with E-state index in [-0.39, 0.29) is 0 Å². The van der Waals surface area contributed by atoms with E-state index in [1.165, 1.54) is 11.3 Å². The van der Waals surface area contributed by atoms with Crippen molar-refractivity contribution in [2.45, 2.75) is 13.5 Å². The van der Waals surface area contributed by atoms with E-state index in [0.29, 0.717) is 19.8 Å². The lowest BCUT2D eigenvalue weighted by Crippen LogP contribution is -2.46. The fourth-order valence-corrected chi connectivity index (χ4v) is 3.59. The fraction of sp³-hybridized carbons (Fsp3) is 0.429. The van der Waals surface area contributed by atoms with Gasteiger partial charge in [-0.15, -0.1) is 0 Å². The van der Waals surface area contributed by atoms with Crippen LogP contribution in [-0.2, 0) is 6.54 Å². The van der Waals surface area contributed by atoms with Gasteiger partial charge in [-0.3, -0.25) is 4.90 Å². The molecule has 2 aliphatic heterocycles. The summed E-state index contributed by atoms with van der Waals surface area (Å²) in [5, 5.41) is 0. The van der Waals surface area contributed by atoms with Crippen LogP contribution in [0.25, 0.3) is 0 Å². The number of anilines is 1. The van der Waals surface area contributed by atoms with Crippen molar-refractivity contribution in [3.8, 4) is 17.2 Å². The first-order valence-electron chi connectivity index (χ1n) is 9.41. The quantitative estimate of drug-likeness (QED) is 0.824. The maximum atomic E-state index is 5.78. The minimum atomic E-state index is 0.633. The number of nitrogens with zero attached hydrogens (tertiary/aromatic N) is 2. The Morgan fingerprint density at radius 1 is 0.923 bits per heavy atom. The zero-order valence-corrected chi connectivity index (χ0v) is 15.3. The maximum absolute atomic E-state index is 5.78. The second-order valence-corrected chi connectivity index (χ2v) is 6.64. The van der Waals surface area contributed by atoms with Crippen LogP contribution in [-0.4, -0.2) is 50.9 Å². The van der Waals surface area contributed by atoms with Gasteiger partial charge in [0.05, 0.1) is 12.3 Å². The molecule has 0 unspecified atom stereocenters. The zero-order chi connectivity index (χ0) is 17.8. The van der Waals surface area contributed by atoms with E-state index >= 15 is 0 Å². The lowest BCUT2D eigenvalue weighted by molar-refractivity contribution is 0.171. The van der Waals surface area contributed by atoms with Gasteiger partial charge in [-0.25, -0.2) is 0 Å². The van der Waals surface area contributed by atoms with E-state index < -0.39 is 0 Å². The molecule has 0 spiro atoms. The summed E-state index contributed by atoms with van der Waals surface area (Å²) in [6, 6.07) is 14.6. The van der Waals surface area contributed by atoms with Gasteiger partial charge in [0, 0.05) is 32.7 Å². The molecule has 0 amide bonds. The predicted molar refractivity (Wildman–Crippen MR) is 103 cm³/mol. The first-order chi connectivity index (χ1) is 12.8. The Labute approximate surface area is 155 Å². The van der Waals surface area contributed by atoms with Crippen molar-refractivity contribution in [1.29, 1.82) is 0 Å². The van der Waals surface area contributed by atoms with Crippen LogP contribution < -0.4 is 19.1 Å². The molecule has 2 aromatic rings. The molecule has 2 aliphatic rings. The molecule has 0 aliphatic carbocycles. The van der Waals surface area contributed by atoms with Crippen molar-refractivity contribution in [3.05, 3.63) is 48.0 Å². The minimum Gasteiger partial charge on any atom is -0.492 e. The highest BCUT2D eigenvalue weighted by atomic mass is 16.6. The molecule has 138 valence electrons. The fourth-order valence-electron chi connectivity index (χ4n) is 3.59. The molecule has 26 heavy (non-hydrogen) atoms. The highest BCUT2D eigenvalue weighted by molar-refractivity contribution is 5.58. The summed E-state index contributed by atoms with van der Waals surface area (Å²) in [7, 11) is 0. The molecule has 5 heteroatoms. The summed E-state index contributed by atoms with van der Waals surface area (Å²) in [4.78, 5) is 4.91. The van der Waals surface area contributed by atoms with Gasteiger partial charge < -0.3 is 19.1 Å². The second-order valence-electron chi connectivity index (χ2n) is 6.64. The predicted octanol–water partition coefficient (Wildman–Crippen LogP) is 3.18. The Kier molecular flexibility index (Phi) is 5.16. The van der Waals surface area contributed by atoms with E-state index in [1.807, 2.05) is 19.1 Å². The molecule has 1 fully saturated rings. The molecular formula is C21H26N2O3. The van der Waals surface area contributed by atoms with Crippen molar-refractivity contribution in [3.63, 3.8) is 0 Å². The van der Waals surface area contributed by atoms with Gasteiger partial charge in [0.2, 0.25) is 0 Å². The first kappa shape index (κ1) is 17.0. The minimum absolute atomic E-state index is 0.633. The van der Waals surface area contributed by atoms with Gasteiger partial charge in [0.25, 0.3) is 0 Å². The molecule has 2 aromatic carbocycles. The van der Waals surface area contributed by atoms with E-state index in [2.05, 4.69) is 40.1 Å². The van der Waals surface area contributed by atoms with E-state index in [9.17, 15) is 0 Å². The van der Waals surface area contributed by atoms with Crippen LogP contribution in [0.15, 0.2) is 42.5 Å². The Morgan fingerprint density at radius 2 is 1.69 bits per heavy atom. The standard InChI is InChI=1S/C21H26N2O3/c1-2-24-19-6-4-3-5-18(19)23-11-9-22(10-12-23)16-17-7-8-20-21(15-17)26-14-13-25-20/h3-8,15H,2,9-14,16H2,1H3. The van der Waals surface area contributed by atoms with Crippen LogP contribution in [0.4, 0.5) is 5.69 Å². The third kappa shape index (κ3) is 3.73. The zero-order valence-electron chi connectivity index (χ0n) is 15.3. The summed E-state index contributed by atoms with van der Waals surface area (Å²) >= 11 is 0. The Hall–Kier alpha value is -2.40. The highest BCUT2D eigenvalue weighted by Crippen LogP contribution is 2.32. The Morgan fingerprint density at radius 3 is 2.50 bits per heavy atom.